The van der Waals surface area contributed by atoms with Crippen LogP contribution in [0.2, 0.25) is 0 Å². The summed E-state index contributed by atoms with van der Waals surface area (Å²) < 4.78 is 6.34. The average molecular weight is 291 g/mol. The summed E-state index contributed by atoms with van der Waals surface area (Å²) in [6.45, 7) is 4.21. The number of aryl methyl sites for hydroxylation is 1. The number of ether oxygens (including phenoxy) is 1. The van der Waals surface area contributed by atoms with Crippen LogP contribution in [0.5, 0.6) is 0 Å². The van der Waals surface area contributed by atoms with E-state index in [0.717, 1.165) is 5.69 Å². The van der Waals surface area contributed by atoms with Crippen molar-refractivity contribution >= 4 is 17.7 Å². The lowest BCUT2D eigenvalue weighted by atomic mass is 10.2. The predicted octanol–water partition coefficient (Wildman–Crippen LogP) is 0.370. The SMILES string of the molecule is CCOC(=O)CCNC(=O)c1cnc2ncnn2c1CC. The zero-order valence-corrected chi connectivity index (χ0v) is 12.0. The van der Waals surface area contributed by atoms with Gasteiger partial charge in [0.2, 0.25) is 0 Å². The number of amides is 1. The van der Waals surface area contributed by atoms with Crippen molar-refractivity contribution in [1.82, 2.24) is 24.9 Å². The summed E-state index contributed by atoms with van der Waals surface area (Å²) in [5.41, 5.74) is 1.16. The summed E-state index contributed by atoms with van der Waals surface area (Å²) in [5.74, 6) is -0.172. The van der Waals surface area contributed by atoms with Gasteiger partial charge in [0.05, 0.1) is 24.3 Å². The second kappa shape index (κ2) is 6.78. The van der Waals surface area contributed by atoms with E-state index < -0.39 is 0 Å². The molecule has 0 aliphatic carbocycles. The van der Waals surface area contributed by atoms with E-state index in [9.17, 15) is 9.59 Å². The maximum Gasteiger partial charge on any atom is 0.307 e. The van der Waals surface area contributed by atoms with E-state index in [1.165, 1.54) is 12.5 Å². The number of fused-ring (bicyclic) bond motifs is 1. The van der Waals surface area contributed by atoms with Gasteiger partial charge in [0.15, 0.2) is 0 Å². The summed E-state index contributed by atoms with van der Waals surface area (Å²) in [6.07, 6.45) is 3.62. The van der Waals surface area contributed by atoms with Gasteiger partial charge < -0.3 is 10.1 Å². The van der Waals surface area contributed by atoms with Gasteiger partial charge in [-0.1, -0.05) is 6.92 Å². The molecule has 0 spiro atoms. The van der Waals surface area contributed by atoms with E-state index in [4.69, 9.17) is 4.74 Å². The third kappa shape index (κ3) is 3.33. The molecule has 1 amide bonds. The fourth-order valence-corrected chi connectivity index (χ4v) is 1.96. The Bertz CT molecular complexity index is 652. The molecule has 0 bridgehead atoms. The molecular formula is C13H17N5O3. The van der Waals surface area contributed by atoms with E-state index in [1.54, 1.807) is 11.4 Å². The van der Waals surface area contributed by atoms with Gasteiger partial charge in [-0.3, -0.25) is 9.59 Å². The maximum absolute atomic E-state index is 12.2. The molecule has 1 N–H and O–H groups in total. The molecule has 0 unspecified atom stereocenters. The molecule has 8 heteroatoms. The van der Waals surface area contributed by atoms with E-state index in [2.05, 4.69) is 20.4 Å². The second-order valence-electron chi connectivity index (χ2n) is 4.25. The highest BCUT2D eigenvalue weighted by Gasteiger charge is 2.15. The van der Waals surface area contributed by atoms with Gasteiger partial charge in [-0.2, -0.15) is 10.1 Å². The molecule has 0 atom stereocenters. The molecule has 2 aromatic rings. The summed E-state index contributed by atoms with van der Waals surface area (Å²) in [5, 5.41) is 6.73. The number of hydrogen-bond acceptors (Lipinski definition) is 6. The first-order valence-electron chi connectivity index (χ1n) is 6.78. The molecule has 21 heavy (non-hydrogen) atoms. The van der Waals surface area contributed by atoms with Crippen molar-refractivity contribution in [3.8, 4) is 0 Å². The van der Waals surface area contributed by atoms with Gasteiger partial charge in [-0.15, -0.1) is 0 Å². The van der Waals surface area contributed by atoms with Crippen LogP contribution in [-0.4, -0.2) is 44.6 Å². The summed E-state index contributed by atoms with van der Waals surface area (Å²) in [6, 6.07) is 0. The number of nitrogens with zero attached hydrogens (tertiary/aromatic N) is 4. The Labute approximate surface area is 121 Å². The van der Waals surface area contributed by atoms with E-state index >= 15 is 0 Å². The number of rotatable bonds is 6. The molecule has 2 aromatic heterocycles. The van der Waals surface area contributed by atoms with Crippen molar-refractivity contribution in [3.05, 3.63) is 23.8 Å². The van der Waals surface area contributed by atoms with Crippen LogP contribution in [0.3, 0.4) is 0 Å². The highest BCUT2D eigenvalue weighted by Crippen LogP contribution is 2.09. The summed E-state index contributed by atoms with van der Waals surface area (Å²) in [4.78, 5) is 31.4. The molecule has 0 aliphatic rings. The smallest absolute Gasteiger partial charge is 0.307 e. The molecule has 2 rings (SSSR count). The van der Waals surface area contributed by atoms with Crippen LogP contribution < -0.4 is 5.32 Å². The fraction of sp³-hybridized carbons (Fsp3) is 0.462. The topological polar surface area (TPSA) is 98.5 Å². The minimum atomic E-state index is -0.335. The maximum atomic E-state index is 12.2. The van der Waals surface area contributed by atoms with Crippen molar-refractivity contribution in [2.75, 3.05) is 13.2 Å². The first kappa shape index (κ1) is 14.9. The second-order valence-corrected chi connectivity index (χ2v) is 4.25. The summed E-state index contributed by atoms with van der Waals surface area (Å²) >= 11 is 0. The molecule has 0 fully saturated rings. The highest BCUT2D eigenvalue weighted by atomic mass is 16.5. The van der Waals surface area contributed by atoms with Crippen molar-refractivity contribution in [1.29, 1.82) is 0 Å². The molecule has 0 saturated heterocycles. The van der Waals surface area contributed by atoms with Crippen LogP contribution in [0.15, 0.2) is 12.5 Å². The third-order valence-electron chi connectivity index (χ3n) is 2.90. The zero-order valence-electron chi connectivity index (χ0n) is 12.0. The normalized spacial score (nSPS) is 10.6. The molecule has 112 valence electrons. The fourth-order valence-electron chi connectivity index (χ4n) is 1.96. The van der Waals surface area contributed by atoms with Crippen LogP contribution >= 0.6 is 0 Å². The van der Waals surface area contributed by atoms with Gasteiger partial charge >= 0.3 is 5.97 Å². The van der Waals surface area contributed by atoms with Crippen molar-refractivity contribution in [2.45, 2.75) is 26.7 Å². The van der Waals surface area contributed by atoms with Crippen LogP contribution in [-0.2, 0) is 16.0 Å². The Morgan fingerprint density at radius 2 is 2.14 bits per heavy atom. The number of hydrogen-bond donors (Lipinski definition) is 1. The van der Waals surface area contributed by atoms with Gasteiger partial charge in [-0.25, -0.2) is 9.50 Å². The van der Waals surface area contributed by atoms with Gasteiger partial charge in [0.1, 0.15) is 6.33 Å². The van der Waals surface area contributed by atoms with E-state index in [0.29, 0.717) is 24.4 Å². The van der Waals surface area contributed by atoms with Crippen molar-refractivity contribution < 1.29 is 14.3 Å². The van der Waals surface area contributed by atoms with Crippen LogP contribution in [0, 0.1) is 0 Å². The Hall–Kier alpha value is -2.51. The standard InChI is InChI=1S/C13H17N5O3/c1-3-10-9(7-15-13-16-8-17-18(10)13)12(20)14-6-5-11(19)21-4-2/h7-8H,3-6H2,1-2H3,(H,14,20). The van der Waals surface area contributed by atoms with Gasteiger partial charge in [0.25, 0.3) is 11.7 Å². The van der Waals surface area contributed by atoms with Crippen molar-refractivity contribution in [3.63, 3.8) is 0 Å². The molecule has 0 radical (unpaired) electrons. The van der Waals surface area contributed by atoms with Gasteiger partial charge in [0, 0.05) is 12.7 Å². The van der Waals surface area contributed by atoms with Gasteiger partial charge in [-0.05, 0) is 13.3 Å². The molecule has 0 saturated carbocycles. The molecular weight excluding hydrogens is 274 g/mol. The number of carbonyl (C=O) groups excluding carboxylic acids is 2. The van der Waals surface area contributed by atoms with Crippen LogP contribution in [0.1, 0.15) is 36.3 Å². The van der Waals surface area contributed by atoms with Crippen molar-refractivity contribution in [2.24, 2.45) is 0 Å². The minimum Gasteiger partial charge on any atom is -0.466 e. The number of aromatic nitrogens is 4. The first-order chi connectivity index (χ1) is 10.2. The minimum absolute atomic E-state index is 0.139. The monoisotopic (exact) mass is 291 g/mol. The lowest BCUT2D eigenvalue weighted by molar-refractivity contribution is -0.142. The molecule has 2 heterocycles. The summed E-state index contributed by atoms with van der Waals surface area (Å²) in [7, 11) is 0. The average Bonchev–Trinajstić information content (AvgIpc) is 2.94. The molecule has 0 aromatic carbocycles. The van der Waals surface area contributed by atoms with E-state index in [1.807, 2.05) is 6.92 Å². The highest BCUT2D eigenvalue weighted by molar-refractivity contribution is 5.95. The molecule has 8 nitrogen and oxygen atoms in total. The Balaban J connectivity index is 2.07. The third-order valence-corrected chi connectivity index (χ3v) is 2.90. The van der Waals surface area contributed by atoms with E-state index in [-0.39, 0.29) is 24.8 Å². The number of esters is 1. The predicted molar refractivity (Wildman–Crippen MR) is 73.7 cm³/mol. The lowest BCUT2D eigenvalue weighted by Crippen LogP contribution is -2.28. The van der Waals surface area contributed by atoms with Crippen LogP contribution in [0.25, 0.3) is 5.78 Å². The Morgan fingerprint density at radius 1 is 1.33 bits per heavy atom. The Morgan fingerprint density at radius 3 is 2.86 bits per heavy atom. The molecule has 0 aliphatic heterocycles. The number of nitrogens with one attached hydrogen (secondary N) is 1. The largest absolute Gasteiger partial charge is 0.466 e. The zero-order chi connectivity index (χ0) is 15.2. The first-order valence-corrected chi connectivity index (χ1v) is 6.78. The quantitative estimate of drug-likeness (QED) is 0.772. The lowest BCUT2D eigenvalue weighted by Gasteiger charge is -2.09. The Kier molecular flexibility index (Phi) is 4.81. The van der Waals surface area contributed by atoms with Crippen LogP contribution in [0.4, 0.5) is 0 Å². The number of carbonyl (C=O) groups is 2.